The maximum atomic E-state index is 11.8. The van der Waals surface area contributed by atoms with Crippen LogP contribution in [0.15, 0.2) is 35.6 Å². The average Bonchev–Trinajstić information content (AvgIpc) is 3.48. The minimum absolute atomic E-state index is 0.155. The van der Waals surface area contributed by atoms with Crippen LogP contribution in [0.5, 0.6) is 5.88 Å². The van der Waals surface area contributed by atoms with Gasteiger partial charge in [0.1, 0.15) is 0 Å². The molecule has 1 unspecified atom stereocenters. The fourth-order valence-corrected chi connectivity index (χ4v) is 5.36. The van der Waals surface area contributed by atoms with Gasteiger partial charge in [-0.25, -0.2) is 18.5 Å². The third kappa shape index (κ3) is 4.92. The number of hydrogen-bond donors (Lipinski definition) is 2. The zero-order valence-electron chi connectivity index (χ0n) is 19.5. The lowest BCUT2D eigenvalue weighted by atomic mass is 9.98. The average molecular weight is 483 g/mol. The van der Waals surface area contributed by atoms with Gasteiger partial charge in [-0.3, -0.25) is 0 Å². The van der Waals surface area contributed by atoms with E-state index in [2.05, 4.69) is 49.6 Å². The highest BCUT2D eigenvalue weighted by Gasteiger charge is 2.22. The molecule has 0 amide bonds. The number of aromatic nitrogens is 4. The Morgan fingerprint density at radius 1 is 1.24 bits per heavy atom. The summed E-state index contributed by atoms with van der Waals surface area (Å²) in [6, 6.07) is 8.19. The molecular weight excluding hydrogens is 452 g/mol. The normalized spacial score (nSPS) is 18.6. The number of benzene rings is 1. The van der Waals surface area contributed by atoms with E-state index < -0.39 is 9.84 Å². The van der Waals surface area contributed by atoms with Gasteiger partial charge in [-0.15, -0.1) is 5.10 Å². The number of piperidine rings is 1. The largest absolute Gasteiger partial charge is 0.477 e. The number of aromatic amines is 1. The highest BCUT2D eigenvalue weighted by Crippen LogP contribution is 2.39. The molecule has 10 heteroatoms. The van der Waals surface area contributed by atoms with E-state index in [1.807, 2.05) is 12.1 Å². The van der Waals surface area contributed by atoms with Gasteiger partial charge in [-0.1, -0.05) is 12.1 Å². The number of rotatable bonds is 7. The van der Waals surface area contributed by atoms with Gasteiger partial charge in [-0.2, -0.15) is 4.98 Å². The van der Waals surface area contributed by atoms with Crippen LogP contribution in [-0.4, -0.2) is 66.5 Å². The molecule has 180 valence electrons. The van der Waals surface area contributed by atoms with Crippen LogP contribution in [0.25, 0.3) is 11.1 Å². The number of aryl methyl sites for hydroxylation is 1. The SMILES string of the molecule is CN1CCCC(COc2cc(-c3ccc4c(c3Nc3n[nH]c(S(C)(=O)=O)n3)CCC4)ccn2)C1. The van der Waals surface area contributed by atoms with Gasteiger partial charge in [0.15, 0.2) is 0 Å². The lowest BCUT2D eigenvalue weighted by Gasteiger charge is -2.29. The molecule has 2 N–H and O–H groups in total. The molecule has 1 aliphatic heterocycles. The molecule has 0 saturated carbocycles. The van der Waals surface area contributed by atoms with Gasteiger partial charge in [0.05, 0.1) is 12.3 Å². The lowest BCUT2D eigenvalue weighted by Crippen LogP contribution is -2.34. The number of likely N-dealkylation sites (tertiary alicyclic amines) is 1. The molecule has 1 aliphatic carbocycles. The summed E-state index contributed by atoms with van der Waals surface area (Å²) in [7, 11) is -1.32. The molecular formula is C24H30N6O3S. The Morgan fingerprint density at radius 2 is 2.12 bits per heavy atom. The second-order valence-electron chi connectivity index (χ2n) is 9.30. The number of fused-ring (bicyclic) bond motifs is 1. The first-order valence-electron chi connectivity index (χ1n) is 11.7. The molecule has 3 heterocycles. The number of anilines is 2. The standard InChI is InChI=1S/C24H30N6O3S/c1-30-12-4-5-16(14-30)15-33-21-13-18(10-11-25-21)20-9-8-17-6-3-7-19(17)22(20)26-23-27-24(29-28-23)34(2,31)32/h8-11,13,16H,3-7,12,14-15H2,1-2H3,(H2,26,27,28,29). The number of nitrogens with zero attached hydrogens (tertiary/aromatic N) is 4. The number of pyridine rings is 1. The van der Waals surface area contributed by atoms with Crippen LogP contribution in [0.4, 0.5) is 11.6 Å². The Labute approximate surface area is 199 Å². The Morgan fingerprint density at radius 3 is 2.91 bits per heavy atom. The predicted octanol–water partition coefficient (Wildman–Crippen LogP) is 3.22. The van der Waals surface area contributed by atoms with E-state index >= 15 is 0 Å². The second-order valence-corrected chi connectivity index (χ2v) is 11.2. The van der Waals surface area contributed by atoms with Crippen LogP contribution in [0, 0.1) is 5.92 Å². The highest BCUT2D eigenvalue weighted by atomic mass is 32.2. The molecule has 1 saturated heterocycles. The van der Waals surface area contributed by atoms with Crippen molar-refractivity contribution in [2.24, 2.45) is 5.92 Å². The summed E-state index contributed by atoms with van der Waals surface area (Å²) < 4.78 is 29.7. The van der Waals surface area contributed by atoms with Crippen molar-refractivity contribution in [2.45, 2.75) is 37.3 Å². The lowest BCUT2D eigenvalue weighted by molar-refractivity contribution is 0.147. The summed E-state index contributed by atoms with van der Waals surface area (Å²) in [4.78, 5) is 10.9. The van der Waals surface area contributed by atoms with Gasteiger partial charge < -0.3 is 15.0 Å². The Balaban J connectivity index is 1.42. The third-order valence-corrected chi connectivity index (χ3v) is 7.46. The van der Waals surface area contributed by atoms with Crippen molar-refractivity contribution in [1.82, 2.24) is 25.1 Å². The van der Waals surface area contributed by atoms with Crippen LogP contribution >= 0.6 is 0 Å². The summed E-state index contributed by atoms with van der Waals surface area (Å²) in [5.41, 5.74) is 5.36. The molecule has 0 radical (unpaired) electrons. The van der Waals surface area contributed by atoms with Crippen molar-refractivity contribution in [3.8, 4) is 17.0 Å². The number of H-pyrrole nitrogens is 1. The fraction of sp³-hybridized carbons (Fsp3) is 0.458. The zero-order chi connectivity index (χ0) is 23.7. The minimum Gasteiger partial charge on any atom is -0.477 e. The first-order valence-corrected chi connectivity index (χ1v) is 13.6. The van der Waals surface area contributed by atoms with Crippen molar-refractivity contribution in [3.63, 3.8) is 0 Å². The van der Waals surface area contributed by atoms with E-state index in [4.69, 9.17) is 4.74 Å². The van der Waals surface area contributed by atoms with E-state index in [0.29, 0.717) is 18.4 Å². The fourth-order valence-electron chi connectivity index (χ4n) is 4.90. The third-order valence-electron chi connectivity index (χ3n) is 6.57. The van der Waals surface area contributed by atoms with Gasteiger partial charge in [-0.05, 0) is 68.5 Å². The van der Waals surface area contributed by atoms with Crippen molar-refractivity contribution in [1.29, 1.82) is 0 Å². The van der Waals surface area contributed by atoms with Crippen LogP contribution in [-0.2, 0) is 22.7 Å². The molecule has 2 aliphatic rings. The highest BCUT2D eigenvalue weighted by molar-refractivity contribution is 7.90. The smallest absolute Gasteiger partial charge is 0.247 e. The van der Waals surface area contributed by atoms with Crippen molar-refractivity contribution in [3.05, 3.63) is 41.6 Å². The van der Waals surface area contributed by atoms with Gasteiger partial charge >= 0.3 is 0 Å². The minimum atomic E-state index is -3.47. The molecule has 2 aromatic heterocycles. The van der Waals surface area contributed by atoms with Gasteiger partial charge in [0.2, 0.25) is 26.8 Å². The molecule has 1 fully saturated rings. The molecule has 34 heavy (non-hydrogen) atoms. The second kappa shape index (κ2) is 9.34. The molecule has 3 aromatic rings. The monoisotopic (exact) mass is 482 g/mol. The quantitative estimate of drug-likeness (QED) is 0.528. The van der Waals surface area contributed by atoms with Crippen molar-refractivity contribution >= 4 is 21.5 Å². The first kappa shape index (κ1) is 22.8. The summed E-state index contributed by atoms with van der Waals surface area (Å²) in [6.45, 7) is 2.85. The molecule has 0 bridgehead atoms. The van der Waals surface area contributed by atoms with E-state index in [9.17, 15) is 8.42 Å². The maximum Gasteiger partial charge on any atom is 0.247 e. The summed E-state index contributed by atoms with van der Waals surface area (Å²) in [6.07, 6.45) is 8.29. The van der Waals surface area contributed by atoms with Crippen LogP contribution in [0.2, 0.25) is 0 Å². The van der Waals surface area contributed by atoms with Gasteiger partial charge in [0.25, 0.3) is 0 Å². The number of hydrogen-bond acceptors (Lipinski definition) is 8. The topological polar surface area (TPSA) is 113 Å². The summed E-state index contributed by atoms with van der Waals surface area (Å²) in [5.74, 6) is 1.35. The van der Waals surface area contributed by atoms with Gasteiger partial charge in [0, 0.05) is 36.5 Å². The Bertz CT molecular complexity index is 1290. The molecule has 9 nitrogen and oxygen atoms in total. The van der Waals surface area contributed by atoms with Crippen LogP contribution in [0.1, 0.15) is 30.4 Å². The van der Waals surface area contributed by atoms with E-state index in [0.717, 1.165) is 55.4 Å². The molecule has 5 rings (SSSR count). The number of nitrogens with one attached hydrogen (secondary N) is 2. The Hall–Kier alpha value is -2.98. The maximum absolute atomic E-state index is 11.8. The Kier molecular flexibility index (Phi) is 6.26. The predicted molar refractivity (Wildman–Crippen MR) is 130 cm³/mol. The van der Waals surface area contributed by atoms with E-state index in [1.165, 1.54) is 24.0 Å². The molecule has 1 aromatic carbocycles. The molecule has 1 atom stereocenters. The number of ether oxygens (including phenoxy) is 1. The van der Waals surface area contributed by atoms with E-state index in [1.54, 1.807) is 6.20 Å². The van der Waals surface area contributed by atoms with Crippen LogP contribution in [0.3, 0.4) is 0 Å². The molecule has 0 spiro atoms. The summed E-state index contributed by atoms with van der Waals surface area (Å²) in [5, 5.41) is 9.72. The summed E-state index contributed by atoms with van der Waals surface area (Å²) >= 11 is 0. The van der Waals surface area contributed by atoms with E-state index in [-0.39, 0.29) is 11.1 Å². The zero-order valence-corrected chi connectivity index (χ0v) is 20.4. The first-order chi connectivity index (χ1) is 16.4. The van der Waals surface area contributed by atoms with Crippen molar-refractivity contribution in [2.75, 3.05) is 38.3 Å². The van der Waals surface area contributed by atoms with Crippen molar-refractivity contribution < 1.29 is 13.2 Å². The number of sulfone groups is 1. The van der Waals surface area contributed by atoms with Crippen LogP contribution < -0.4 is 10.1 Å².